The van der Waals surface area contributed by atoms with E-state index in [2.05, 4.69) is 0 Å². The standard InChI is InChI=1S/C12H12O4/c1-2-15-7-10(13)11-8-5-3-4-6-9(8)12(14)16-11/h3-6,11H,2,7H2,1H3. The van der Waals surface area contributed by atoms with Gasteiger partial charge in [0.05, 0.1) is 5.56 Å². The van der Waals surface area contributed by atoms with Gasteiger partial charge in [0.15, 0.2) is 6.10 Å². The minimum Gasteiger partial charge on any atom is -0.446 e. The van der Waals surface area contributed by atoms with Crippen molar-refractivity contribution in [2.75, 3.05) is 13.2 Å². The van der Waals surface area contributed by atoms with Crippen molar-refractivity contribution in [2.45, 2.75) is 13.0 Å². The van der Waals surface area contributed by atoms with Gasteiger partial charge in [-0.15, -0.1) is 0 Å². The summed E-state index contributed by atoms with van der Waals surface area (Å²) >= 11 is 0. The first-order valence-electron chi connectivity index (χ1n) is 5.14. The quantitative estimate of drug-likeness (QED) is 0.721. The maximum absolute atomic E-state index is 11.7. The first kappa shape index (κ1) is 10.8. The Morgan fingerprint density at radius 3 is 2.94 bits per heavy atom. The van der Waals surface area contributed by atoms with E-state index in [0.29, 0.717) is 17.7 Å². The lowest BCUT2D eigenvalue weighted by molar-refractivity contribution is -0.131. The van der Waals surface area contributed by atoms with Crippen molar-refractivity contribution >= 4 is 11.8 Å². The molecule has 1 aliphatic rings. The highest BCUT2D eigenvalue weighted by molar-refractivity contribution is 6.00. The van der Waals surface area contributed by atoms with Gasteiger partial charge in [0.25, 0.3) is 0 Å². The summed E-state index contributed by atoms with van der Waals surface area (Å²) in [6, 6.07) is 6.91. The summed E-state index contributed by atoms with van der Waals surface area (Å²) < 4.78 is 10.0. The molecular formula is C12H12O4. The van der Waals surface area contributed by atoms with E-state index in [4.69, 9.17) is 9.47 Å². The van der Waals surface area contributed by atoms with E-state index in [1.54, 1.807) is 24.3 Å². The van der Waals surface area contributed by atoms with Crippen molar-refractivity contribution in [3.8, 4) is 0 Å². The van der Waals surface area contributed by atoms with E-state index in [1.165, 1.54) is 0 Å². The second kappa shape index (κ2) is 4.45. The van der Waals surface area contributed by atoms with Crippen LogP contribution in [-0.4, -0.2) is 25.0 Å². The van der Waals surface area contributed by atoms with E-state index in [0.717, 1.165) is 0 Å². The molecular weight excluding hydrogens is 208 g/mol. The molecule has 0 N–H and O–H groups in total. The van der Waals surface area contributed by atoms with Crippen LogP contribution in [-0.2, 0) is 14.3 Å². The van der Waals surface area contributed by atoms with Gasteiger partial charge in [-0.05, 0) is 13.0 Å². The van der Waals surface area contributed by atoms with Crippen molar-refractivity contribution in [1.29, 1.82) is 0 Å². The van der Waals surface area contributed by atoms with Gasteiger partial charge < -0.3 is 9.47 Å². The number of fused-ring (bicyclic) bond motifs is 1. The van der Waals surface area contributed by atoms with Crippen LogP contribution in [0.3, 0.4) is 0 Å². The maximum Gasteiger partial charge on any atom is 0.339 e. The highest BCUT2D eigenvalue weighted by atomic mass is 16.6. The number of ketones is 1. The second-order valence-electron chi connectivity index (χ2n) is 3.48. The van der Waals surface area contributed by atoms with Crippen molar-refractivity contribution in [1.82, 2.24) is 0 Å². The van der Waals surface area contributed by atoms with Crippen LogP contribution in [0.25, 0.3) is 0 Å². The van der Waals surface area contributed by atoms with Crippen LogP contribution >= 0.6 is 0 Å². The highest BCUT2D eigenvalue weighted by Crippen LogP contribution is 2.30. The lowest BCUT2D eigenvalue weighted by atomic mass is 10.0. The van der Waals surface area contributed by atoms with Crippen LogP contribution in [0.4, 0.5) is 0 Å². The van der Waals surface area contributed by atoms with Gasteiger partial charge in [-0.2, -0.15) is 0 Å². The molecule has 1 heterocycles. The first-order valence-corrected chi connectivity index (χ1v) is 5.14. The summed E-state index contributed by atoms with van der Waals surface area (Å²) in [5, 5.41) is 0. The smallest absolute Gasteiger partial charge is 0.339 e. The third-order valence-corrected chi connectivity index (χ3v) is 2.43. The Bertz CT molecular complexity index is 425. The van der Waals surface area contributed by atoms with E-state index >= 15 is 0 Å². The summed E-state index contributed by atoms with van der Waals surface area (Å²) in [7, 11) is 0. The van der Waals surface area contributed by atoms with Crippen LogP contribution < -0.4 is 0 Å². The second-order valence-corrected chi connectivity index (χ2v) is 3.48. The van der Waals surface area contributed by atoms with Crippen molar-refractivity contribution in [3.63, 3.8) is 0 Å². The number of benzene rings is 1. The van der Waals surface area contributed by atoms with E-state index in [-0.39, 0.29) is 12.4 Å². The van der Waals surface area contributed by atoms with Crippen LogP contribution in [0.2, 0.25) is 0 Å². The van der Waals surface area contributed by atoms with E-state index in [1.807, 2.05) is 6.92 Å². The van der Waals surface area contributed by atoms with Crippen LogP contribution in [0.15, 0.2) is 24.3 Å². The summed E-state index contributed by atoms with van der Waals surface area (Å²) in [5.41, 5.74) is 1.11. The fourth-order valence-corrected chi connectivity index (χ4v) is 1.66. The maximum atomic E-state index is 11.7. The topological polar surface area (TPSA) is 52.6 Å². The number of hydrogen-bond donors (Lipinski definition) is 0. The van der Waals surface area contributed by atoms with Crippen LogP contribution in [0.1, 0.15) is 28.9 Å². The lowest BCUT2D eigenvalue weighted by Crippen LogP contribution is -2.18. The van der Waals surface area contributed by atoms with Crippen molar-refractivity contribution < 1.29 is 19.1 Å². The normalized spacial score (nSPS) is 18.1. The minimum atomic E-state index is -0.796. The van der Waals surface area contributed by atoms with Crippen LogP contribution in [0, 0.1) is 0 Å². The number of Topliss-reactive ketones (excluding diaryl/α,β-unsaturated/α-hetero) is 1. The van der Waals surface area contributed by atoms with Crippen LogP contribution in [0.5, 0.6) is 0 Å². The molecule has 0 fully saturated rings. The molecule has 4 heteroatoms. The molecule has 0 saturated heterocycles. The Morgan fingerprint density at radius 2 is 2.19 bits per heavy atom. The van der Waals surface area contributed by atoms with Gasteiger partial charge in [-0.3, -0.25) is 4.79 Å². The van der Waals surface area contributed by atoms with Gasteiger partial charge in [0.2, 0.25) is 5.78 Å². The molecule has 1 unspecified atom stereocenters. The fraction of sp³-hybridized carbons (Fsp3) is 0.333. The SMILES string of the molecule is CCOCC(=O)C1OC(=O)c2ccccc21. The molecule has 2 rings (SSSR count). The summed E-state index contributed by atoms with van der Waals surface area (Å²) in [4.78, 5) is 23.1. The van der Waals surface area contributed by atoms with Gasteiger partial charge in [-0.1, -0.05) is 18.2 Å². The van der Waals surface area contributed by atoms with Gasteiger partial charge in [0, 0.05) is 12.2 Å². The molecule has 1 atom stereocenters. The molecule has 84 valence electrons. The van der Waals surface area contributed by atoms with E-state index < -0.39 is 12.1 Å². The number of hydrogen-bond acceptors (Lipinski definition) is 4. The molecule has 0 amide bonds. The Labute approximate surface area is 93.2 Å². The molecule has 0 bridgehead atoms. The number of esters is 1. The number of carbonyl (C=O) groups is 2. The number of cyclic esters (lactones) is 1. The third-order valence-electron chi connectivity index (χ3n) is 2.43. The molecule has 1 aromatic rings. The first-order chi connectivity index (χ1) is 7.74. The predicted molar refractivity (Wildman–Crippen MR) is 56.1 cm³/mol. The Hall–Kier alpha value is -1.68. The summed E-state index contributed by atoms with van der Waals surface area (Å²) in [5.74, 6) is -0.661. The zero-order chi connectivity index (χ0) is 11.5. The lowest BCUT2D eigenvalue weighted by Gasteiger charge is -2.08. The molecule has 16 heavy (non-hydrogen) atoms. The number of ether oxygens (including phenoxy) is 2. The van der Waals surface area contributed by atoms with Gasteiger partial charge in [0.1, 0.15) is 6.61 Å². The zero-order valence-electron chi connectivity index (χ0n) is 8.93. The third kappa shape index (κ3) is 1.84. The Kier molecular flexibility index (Phi) is 3.01. The van der Waals surface area contributed by atoms with Crippen molar-refractivity contribution in [3.05, 3.63) is 35.4 Å². The molecule has 0 aliphatic carbocycles. The summed E-state index contributed by atoms with van der Waals surface area (Å²) in [6.07, 6.45) is -0.796. The van der Waals surface area contributed by atoms with Crippen molar-refractivity contribution in [2.24, 2.45) is 0 Å². The minimum absolute atomic E-state index is 0.0250. The Balaban J connectivity index is 2.20. The molecule has 0 saturated carbocycles. The molecule has 0 aromatic heterocycles. The zero-order valence-corrected chi connectivity index (χ0v) is 8.93. The Morgan fingerprint density at radius 1 is 1.44 bits per heavy atom. The summed E-state index contributed by atoms with van der Waals surface area (Å²) in [6.45, 7) is 2.25. The molecule has 1 aromatic carbocycles. The monoisotopic (exact) mass is 220 g/mol. The number of carbonyl (C=O) groups excluding carboxylic acids is 2. The predicted octanol–water partition coefficient (Wildman–Crippen LogP) is 1.50. The largest absolute Gasteiger partial charge is 0.446 e. The average molecular weight is 220 g/mol. The molecule has 4 nitrogen and oxygen atoms in total. The molecule has 1 aliphatic heterocycles. The molecule has 0 radical (unpaired) electrons. The van der Waals surface area contributed by atoms with Gasteiger partial charge in [-0.25, -0.2) is 4.79 Å². The van der Waals surface area contributed by atoms with Gasteiger partial charge >= 0.3 is 5.97 Å². The number of rotatable bonds is 4. The molecule has 0 spiro atoms. The fourth-order valence-electron chi connectivity index (χ4n) is 1.66. The van der Waals surface area contributed by atoms with E-state index in [9.17, 15) is 9.59 Å². The highest BCUT2D eigenvalue weighted by Gasteiger charge is 2.35. The average Bonchev–Trinajstić information content (AvgIpc) is 2.65.